The van der Waals surface area contributed by atoms with E-state index in [1.165, 1.54) is 0 Å². The number of hydrogen-bond donors (Lipinski definition) is 1. The first-order chi connectivity index (χ1) is 8.42. The highest BCUT2D eigenvalue weighted by Crippen LogP contribution is 2.14. The van der Waals surface area contributed by atoms with E-state index in [2.05, 4.69) is 0 Å². The summed E-state index contributed by atoms with van der Waals surface area (Å²) in [7, 11) is -3.24. The Kier molecular flexibility index (Phi) is 6.04. The number of piperidine rings is 1. The monoisotopic (exact) mass is 278 g/mol. The summed E-state index contributed by atoms with van der Waals surface area (Å²) < 4.78 is 27.7. The molecule has 0 aromatic carbocycles. The second-order valence-corrected chi connectivity index (χ2v) is 6.80. The smallest absolute Gasteiger partial charge is 0.237 e. The van der Waals surface area contributed by atoms with Crippen LogP contribution in [0.3, 0.4) is 0 Å². The average Bonchev–Trinajstić information content (AvgIpc) is 2.28. The predicted molar refractivity (Wildman–Crippen MR) is 68.9 cm³/mol. The largest absolute Gasteiger partial charge is 0.378 e. The molecule has 1 saturated heterocycles. The van der Waals surface area contributed by atoms with Gasteiger partial charge in [0.15, 0.2) is 9.84 Å². The third-order valence-corrected chi connectivity index (χ3v) is 3.65. The van der Waals surface area contributed by atoms with Gasteiger partial charge in [-0.05, 0) is 25.8 Å². The first-order valence-corrected chi connectivity index (χ1v) is 8.25. The minimum Gasteiger partial charge on any atom is -0.378 e. The summed E-state index contributed by atoms with van der Waals surface area (Å²) >= 11 is 0. The van der Waals surface area contributed by atoms with E-state index in [0.29, 0.717) is 26.2 Å². The van der Waals surface area contributed by atoms with Gasteiger partial charge in [0.05, 0.1) is 6.10 Å². The van der Waals surface area contributed by atoms with E-state index >= 15 is 0 Å². The average molecular weight is 278 g/mol. The number of carbonyl (C=O) groups excluding carboxylic acids is 1. The van der Waals surface area contributed by atoms with Crippen molar-refractivity contribution >= 4 is 15.7 Å². The Morgan fingerprint density at radius 3 is 2.50 bits per heavy atom. The van der Waals surface area contributed by atoms with Crippen LogP contribution in [0.25, 0.3) is 0 Å². The van der Waals surface area contributed by atoms with Crippen molar-refractivity contribution in [3.8, 4) is 0 Å². The highest BCUT2D eigenvalue weighted by atomic mass is 32.2. The summed E-state index contributed by atoms with van der Waals surface area (Å²) in [5, 5.41) is 0. The molecule has 0 atom stereocenters. The van der Waals surface area contributed by atoms with Crippen molar-refractivity contribution in [3.05, 3.63) is 0 Å². The molecule has 0 aliphatic carbocycles. The number of rotatable bonds is 6. The number of ether oxygens (including phenoxy) is 1. The molecule has 0 bridgehead atoms. The molecule has 0 aromatic heterocycles. The Hall–Kier alpha value is -0.660. The maximum absolute atomic E-state index is 11.7. The topological polar surface area (TPSA) is 89.7 Å². The third kappa shape index (κ3) is 5.79. The van der Waals surface area contributed by atoms with Gasteiger partial charge < -0.3 is 15.4 Å². The van der Waals surface area contributed by atoms with Crippen LogP contribution in [0.4, 0.5) is 0 Å². The Bertz CT molecular complexity index is 361. The molecule has 1 heterocycles. The van der Waals surface area contributed by atoms with E-state index in [0.717, 1.165) is 25.5 Å². The lowest BCUT2D eigenvalue weighted by Crippen LogP contribution is -2.43. The van der Waals surface area contributed by atoms with Gasteiger partial charge in [-0.15, -0.1) is 0 Å². The fourth-order valence-corrected chi connectivity index (χ4v) is 2.55. The minimum absolute atomic E-state index is 0.166. The molecule has 0 radical (unpaired) electrons. The molecule has 7 heteroatoms. The highest BCUT2D eigenvalue weighted by molar-refractivity contribution is 7.91. The number of amides is 1. The van der Waals surface area contributed by atoms with Crippen LogP contribution < -0.4 is 5.73 Å². The number of nitrogens with zero attached hydrogens (tertiary/aromatic N) is 1. The van der Waals surface area contributed by atoms with Gasteiger partial charge in [-0.2, -0.15) is 0 Å². The predicted octanol–water partition coefficient (Wildman–Crippen LogP) is -0.613. The Morgan fingerprint density at radius 1 is 1.39 bits per heavy atom. The lowest BCUT2D eigenvalue weighted by Gasteiger charge is -2.31. The quantitative estimate of drug-likeness (QED) is 0.654. The molecule has 1 fully saturated rings. The van der Waals surface area contributed by atoms with E-state index in [1.807, 2.05) is 0 Å². The summed E-state index contributed by atoms with van der Waals surface area (Å²) in [4.78, 5) is 13.3. The molecule has 106 valence electrons. The van der Waals surface area contributed by atoms with E-state index in [4.69, 9.17) is 10.5 Å². The fourth-order valence-electron chi connectivity index (χ4n) is 1.92. The van der Waals surface area contributed by atoms with Crippen LogP contribution in [0, 0.1) is 0 Å². The van der Waals surface area contributed by atoms with E-state index in [-0.39, 0.29) is 12.0 Å². The zero-order valence-electron chi connectivity index (χ0n) is 10.8. The van der Waals surface area contributed by atoms with Crippen LogP contribution in [-0.4, -0.2) is 63.6 Å². The standard InChI is InChI=1S/C11H22N2O4S/c1-18(15,16)9-11(14)13-6-3-10(4-7-13)17-8-2-5-12/h10H,2-9,12H2,1H3. The Balaban J connectivity index is 2.28. The molecule has 18 heavy (non-hydrogen) atoms. The second-order valence-electron chi connectivity index (χ2n) is 4.66. The molecule has 1 aliphatic rings. The summed E-state index contributed by atoms with van der Waals surface area (Å²) in [6, 6.07) is 0. The molecule has 0 spiro atoms. The van der Waals surface area contributed by atoms with Crippen LogP contribution in [-0.2, 0) is 19.4 Å². The van der Waals surface area contributed by atoms with Gasteiger partial charge in [0.2, 0.25) is 5.91 Å². The van der Waals surface area contributed by atoms with Gasteiger partial charge in [0.25, 0.3) is 0 Å². The molecule has 1 aliphatic heterocycles. The Morgan fingerprint density at radius 2 is 2.00 bits per heavy atom. The zero-order chi connectivity index (χ0) is 13.6. The molecule has 2 N–H and O–H groups in total. The minimum atomic E-state index is -3.24. The van der Waals surface area contributed by atoms with Gasteiger partial charge in [-0.25, -0.2) is 8.42 Å². The number of likely N-dealkylation sites (tertiary alicyclic amines) is 1. The maximum Gasteiger partial charge on any atom is 0.237 e. The van der Waals surface area contributed by atoms with Crippen LogP contribution in [0.1, 0.15) is 19.3 Å². The molecule has 1 rings (SSSR count). The van der Waals surface area contributed by atoms with Gasteiger partial charge >= 0.3 is 0 Å². The van der Waals surface area contributed by atoms with Crippen molar-refractivity contribution in [3.63, 3.8) is 0 Å². The highest BCUT2D eigenvalue weighted by Gasteiger charge is 2.24. The lowest BCUT2D eigenvalue weighted by molar-refractivity contribution is -0.131. The summed E-state index contributed by atoms with van der Waals surface area (Å²) in [5.74, 6) is -0.705. The number of hydrogen-bond acceptors (Lipinski definition) is 5. The third-order valence-electron chi connectivity index (χ3n) is 2.88. The molecule has 6 nitrogen and oxygen atoms in total. The van der Waals surface area contributed by atoms with Gasteiger partial charge in [-0.1, -0.05) is 0 Å². The summed E-state index contributed by atoms with van der Waals surface area (Å²) in [6.45, 7) is 2.41. The van der Waals surface area contributed by atoms with E-state index in [9.17, 15) is 13.2 Å². The number of carbonyl (C=O) groups is 1. The van der Waals surface area contributed by atoms with Crippen LogP contribution in [0.2, 0.25) is 0 Å². The van der Waals surface area contributed by atoms with Crippen molar-refractivity contribution < 1.29 is 17.9 Å². The normalized spacial score (nSPS) is 18.0. The summed E-state index contributed by atoms with van der Waals surface area (Å²) in [6.07, 6.45) is 3.61. The second kappa shape index (κ2) is 7.06. The molecule has 1 amide bonds. The summed E-state index contributed by atoms with van der Waals surface area (Å²) in [5.41, 5.74) is 5.37. The first-order valence-electron chi connectivity index (χ1n) is 6.19. The van der Waals surface area contributed by atoms with Gasteiger partial charge in [0, 0.05) is 26.0 Å². The maximum atomic E-state index is 11.7. The van der Waals surface area contributed by atoms with Crippen LogP contribution >= 0.6 is 0 Å². The van der Waals surface area contributed by atoms with Crippen molar-refractivity contribution in [2.45, 2.75) is 25.4 Å². The van der Waals surface area contributed by atoms with Gasteiger partial charge in [0.1, 0.15) is 5.75 Å². The molecule has 0 aromatic rings. The molecular weight excluding hydrogens is 256 g/mol. The van der Waals surface area contributed by atoms with E-state index in [1.54, 1.807) is 4.90 Å². The molecule has 0 saturated carbocycles. The molecule has 0 unspecified atom stereocenters. The SMILES string of the molecule is CS(=O)(=O)CC(=O)N1CCC(OCCCN)CC1. The van der Waals surface area contributed by atoms with E-state index < -0.39 is 15.6 Å². The fraction of sp³-hybridized carbons (Fsp3) is 0.909. The van der Waals surface area contributed by atoms with Crippen molar-refractivity contribution in [1.82, 2.24) is 4.90 Å². The van der Waals surface area contributed by atoms with Crippen molar-refractivity contribution in [2.75, 3.05) is 38.2 Å². The zero-order valence-corrected chi connectivity index (χ0v) is 11.6. The van der Waals surface area contributed by atoms with Crippen molar-refractivity contribution in [2.24, 2.45) is 5.73 Å². The molecular formula is C11H22N2O4S. The lowest BCUT2D eigenvalue weighted by atomic mass is 10.1. The van der Waals surface area contributed by atoms with Crippen LogP contribution in [0.5, 0.6) is 0 Å². The van der Waals surface area contributed by atoms with Gasteiger partial charge in [-0.3, -0.25) is 4.79 Å². The van der Waals surface area contributed by atoms with Crippen LogP contribution in [0.15, 0.2) is 0 Å². The first kappa shape index (κ1) is 15.4. The number of sulfone groups is 1. The van der Waals surface area contributed by atoms with Crippen molar-refractivity contribution in [1.29, 1.82) is 0 Å². The Labute approximate surface area is 108 Å². The number of nitrogens with two attached hydrogens (primary N) is 1.